The number of halogens is 1. The molecule has 0 saturated carbocycles. The summed E-state index contributed by atoms with van der Waals surface area (Å²) in [6.07, 6.45) is 0. The normalized spacial score (nSPS) is 10.0. The highest BCUT2D eigenvalue weighted by Crippen LogP contribution is 2.17. The molecule has 0 spiro atoms. The zero-order valence-corrected chi connectivity index (χ0v) is 15.3. The van der Waals surface area contributed by atoms with Crippen molar-refractivity contribution >= 4 is 46.0 Å². The van der Waals surface area contributed by atoms with Gasteiger partial charge in [-0.15, -0.1) is 0 Å². The Morgan fingerprint density at radius 2 is 1.54 bits per heavy atom. The summed E-state index contributed by atoms with van der Waals surface area (Å²) in [6, 6.07) is 10.8. The molecule has 0 atom stereocenters. The second-order valence-electron chi connectivity index (χ2n) is 5.37. The third-order valence-corrected chi connectivity index (χ3v) is 3.98. The highest BCUT2D eigenvalue weighted by molar-refractivity contribution is 7.81. The van der Waals surface area contributed by atoms with Crippen LogP contribution in [0.5, 0.6) is 0 Å². The number of thiocarbonyl (C=S) groups is 2. The van der Waals surface area contributed by atoms with E-state index in [0.717, 1.165) is 11.3 Å². The lowest BCUT2D eigenvalue weighted by atomic mass is 10.1. The van der Waals surface area contributed by atoms with Gasteiger partial charge in [0.2, 0.25) is 0 Å². The molecule has 4 nitrogen and oxygen atoms in total. The predicted molar refractivity (Wildman–Crippen MR) is 106 cm³/mol. The maximum Gasteiger partial charge on any atom is 0.189 e. The fourth-order valence-corrected chi connectivity index (χ4v) is 2.32. The highest BCUT2D eigenvalue weighted by Gasteiger charge is 2.04. The van der Waals surface area contributed by atoms with Crippen molar-refractivity contribution in [1.82, 2.24) is 10.9 Å². The van der Waals surface area contributed by atoms with Crippen LogP contribution in [0.3, 0.4) is 0 Å². The molecule has 0 heterocycles. The molecule has 0 saturated heterocycles. The van der Waals surface area contributed by atoms with Crippen LogP contribution in [0.2, 0.25) is 0 Å². The summed E-state index contributed by atoms with van der Waals surface area (Å²) >= 11 is 10.4. The van der Waals surface area contributed by atoms with Crippen molar-refractivity contribution in [3.8, 4) is 0 Å². The zero-order valence-electron chi connectivity index (χ0n) is 13.7. The second-order valence-corrected chi connectivity index (χ2v) is 6.19. The quantitative estimate of drug-likeness (QED) is 0.480. The summed E-state index contributed by atoms with van der Waals surface area (Å²) in [5.41, 5.74) is 9.92. The lowest BCUT2D eigenvalue weighted by Crippen LogP contribution is -2.45. The summed E-state index contributed by atoms with van der Waals surface area (Å²) in [4.78, 5) is 0. The Balaban J connectivity index is 1.86. The van der Waals surface area contributed by atoms with Crippen molar-refractivity contribution < 1.29 is 4.39 Å². The minimum atomic E-state index is -0.289. The van der Waals surface area contributed by atoms with Crippen LogP contribution in [0, 0.1) is 26.6 Å². The molecule has 24 heavy (non-hydrogen) atoms. The van der Waals surface area contributed by atoms with E-state index < -0.39 is 0 Å². The van der Waals surface area contributed by atoms with Crippen LogP contribution < -0.4 is 21.5 Å². The third kappa shape index (κ3) is 4.87. The van der Waals surface area contributed by atoms with E-state index in [9.17, 15) is 4.39 Å². The molecule has 7 heteroatoms. The molecule has 0 aliphatic rings. The van der Waals surface area contributed by atoms with Gasteiger partial charge in [0.25, 0.3) is 0 Å². The molecule has 2 aromatic rings. The molecule has 0 bridgehead atoms. The number of hydrogen-bond donors (Lipinski definition) is 4. The average Bonchev–Trinajstić information content (AvgIpc) is 2.53. The Morgan fingerprint density at radius 1 is 0.875 bits per heavy atom. The van der Waals surface area contributed by atoms with Gasteiger partial charge in [0.15, 0.2) is 10.2 Å². The molecule has 0 aromatic heterocycles. The lowest BCUT2D eigenvalue weighted by Gasteiger charge is -2.16. The Labute approximate surface area is 151 Å². The minimum Gasteiger partial charge on any atom is -0.331 e. The summed E-state index contributed by atoms with van der Waals surface area (Å²) in [5, 5.41) is 6.64. The number of rotatable bonds is 2. The van der Waals surface area contributed by atoms with E-state index in [0.29, 0.717) is 16.4 Å². The van der Waals surface area contributed by atoms with Gasteiger partial charge < -0.3 is 10.6 Å². The smallest absolute Gasteiger partial charge is 0.189 e. The molecular formula is C17H19FN4S2. The maximum absolute atomic E-state index is 13.5. The number of benzene rings is 2. The van der Waals surface area contributed by atoms with E-state index >= 15 is 0 Å². The van der Waals surface area contributed by atoms with Crippen molar-refractivity contribution in [3.05, 3.63) is 58.9 Å². The molecule has 0 aliphatic heterocycles. The first-order valence-corrected chi connectivity index (χ1v) is 8.15. The monoisotopic (exact) mass is 362 g/mol. The van der Waals surface area contributed by atoms with Gasteiger partial charge in [-0.05, 0) is 80.1 Å². The van der Waals surface area contributed by atoms with Gasteiger partial charge in [-0.2, -0.15) is 0 Å². The van der Waals surface area contributed by atoms with Crippen LogP contribution >= 0.6 is 24.4 Å². The first kappa shape index (κ1) is 18.1. The van der Waals surface area contributed by atoms with E-state index in [2.05, 4.69) is 21.5 Å². The van der Waals surface area contributed by atoms with E-state index in [-0.39, 0.29) is 10.9 Å². The van der Waals surface area contributed by atoms with Crippen LogP contribution in [0.15, 0.2) is 36.4 Å². The number of nitrogens with one attached hydrogen (secondary N) is 4. The molecular weight excluding hydrogens is 343 g/mol. The van der Waals surface area contributed by atoms with E-state index in [1.807, 2.05) is 32.0 Å². The molecule has 0 amide bonds. The number of anilines is 2. The largest absolute Gasteiger partial charge is 0.331 e. The Bertz CT molecular complexity index is 777. The standard InChI is InChI=1S/C17H19FN4S2/c1-10-5-4-6-15(12(10)3)20-17(24)22-21-16(23)19-13-8-7-11(2)14(18)9-13/h4-9H,1-3H3,(H2,19,21,23)(H2,20,22,24). The van der Waals surface area contributed by atoms with Crippen molar-refractivity contribution in [3.63, 3.8) is 0 Å². The van der Waals surface area contributed by atoms with E-state index in [1.54, 1.807) is 19.1 Å². The van der Waals surface area contributed by atoms with Gasteiger partial charge in [0, 0.05) is 11.4 Å². The third-order valence-electron chi connectivity index (χ3n) is 3.57. The molecule has 126 valence electrons. The fourth-order valence-electron chi connectivity index (χ4n) is 1.99. The van der Waals surface area contributed by atoms with Gasteiger partial charge in [0.1, 0.15) is 5.82 Å². The Kier molecular flexibility index (Phi) is 6.05. The zero-order chi connectivity index (χ0) is 17.7. The second kappa shape index (κ2) is 8.03. The van der Waals surface area contributed by atoms with Crippen LogP contribution in [0.4, 0.5) is 15.8 Å². The SMILES string of the molecule is Cc1ccc(NC(=S)NNC(=S)Nc2cccc(C)c2C)cc1F. The number of hydrogen-bond acceptors (Lipinski definition) is 2. The predicted octanol–water partition coefficient (Wildman–Crippen LogP) is 3.94. The van der Waals surface area contributed by atoms with Crippen molar-refractivity contribution in [2.45, 2.75) is 20.8 Å². The van der Waals surface area contributed by atoms with Crippen LogP contribution in [-0.2, 0) is 0 Å². The lowest BCUT2D eigenvalue weighted by molar-refractivity contribution is 0.619. The minimum absolute atomic E-state index is 0.281. The van der Waals surface area contributed by atoms with E-state index in [1.165, 1.54) is 11.6 Å². The summed E-state index contributed by atoms with van der Waals surface area (Å²) < 4.78 is 13.5. The number of aryl methyl sites for hydroxylation is 2. The molecule has 0 unspecified atom stereocenters. The topological polar surface area (TPSA) is 48.1 Å². The average molecular weight is 362 g/mol. The molecule has 2 aromatic carbocycles. The summed E-state index contributed by atoms with van der Waals surface area (Å²) in [7, 11) is 0. The fraction of sp³-hybridized carbons (Fsp3) is 0.176. The molecule has 0 aliphatic carbocycles. The first-order chi connectivity index (χ1) is 11.4. The van der Waals surface area contributed by atoms with E-state index in [4.69, 9.17) is 24.4 Å². The molecule has 2 rings (SSSR count). The van der Waals surface area contributed by atoms with Crippen LogP contribution in [0.1, 0.15) is 16.7 Å². The van der Waals surface area contributed by atoms with Gasteiger partial charge in [-0.25, -0.2) is 4.39 Å². The summed E-state index contributed by atoms with van der Waals surface area (Å²) in [6.45, 7) is 5.76. The maximum atomic E-state index is 13.5. The Hall–Kier alpha value is -2.25. The van der Waals surface area contributed by atoms with Gasteiger partial charge in [-0.1, -0.05) is 18.2 Å². The van der Waals surface area contributed by atoms with Gasteiger partial charge in [0.05, 0.1) is 0 Å². The molecule has 0 fully saturated rings. The highest BCUT2D eigenvalue weighted by atomic mass is 32.1. The van der Waals surface area contributed by atoms with Crippen LogP contribution in [-0.4, -0.2) is 10.2 Å². The van der Waals surface area contributed by atoms with Crippen molar-refractivity contribution in [2.24, 2.45) is 0 Å². The Morgan fingerprint density at radius 3 is 2.21 bits per heavy atom. The van der Waals surface area contributed by atoms with Crippen molar-refractivity contribution in [1.29, 1.82) is 0 Å². The number of hydrazine groups is 1. The summed E-state index contributed by atoms with van der Waals surface area (Å²) in [5.74, 6) is -0.289. The van der Waals surface area contributed by atoms with Crippen LogP contribution in [0.25, 0.3) is 0 Å². The molecule has 4 N–H and O–H groups in total. The first-order valence-electron chi connectivity index (χ1n) is 7.33. The van der Waals surface area contributed by atoms with Gasteiger partial charge in [-0.3, -0.25) is 10.9 Å². The molecule has 0 radical (unpaired) electrons. The van der Waals surface area contributed by atoms with Crippen molar-refractivity contribution in [2.75, 3.05) is 10.6 Å². The van der Waals surface area contributed by atoms with Gasteiger partial charge >= 0.3 is 0 Å².